The van der Waals surface area contributed by atoms with Crippen LogP contribution in [0.3, 0.4) is 0 Å². The first-order chi connectivity index (χ1) is 15.0. The fourth-order valence-corrected chi connectivity index (χ4v) is 7.42. The lowest BCUT2D eigenvalue weighted by Crippen LogP contribution is -2.57. The summed E-state index contributed by atoms with van der Waals surface area (Å²) in [6.45, 7) is 3.05. The number of nitrogens with zero attached hydrogens (tertiary/aromatic N) is 2. The van der Waals surface area contributed by atoms with Crippen molar-refractivity contribution in [1.29, 1.82) is 0 Å². The molecule has 168 valence electrons. The van der Waals surface area contributed by atoms with Gasteiger partial charge < -0.3 is 15.1 Å². The first kappa shape index (κ1) is 21.0. The summed E-state index contributed by atoms with van der Waals surface area (Å²) in [6, 6.07) is 10.1. The van der Waals surface area contributed by atoms with Crippen molar-refractivity contribution in [2.24, 2.45) is 23.2 Å². The zero-order valence-electron chi connectivity index (χ0n) is 18.9. The molecular weight excluding hydrogens is 386 g/mol. The Balaban J connectivity index is 1.15. The van der Waals surface area contributed by atoms with E-state index in [1.165, 1.54) is 24.8 Å². The van der Waals surface area contributed by atoms with E-state index in [1.807, 2.05) is 11.0 Å². The molecule has 5 nitrogen and oxygen atoms in total. The summed E-state index contributed by atoms with van der Waals surface area (Å²) in [4.78, 5) is 30.9. The molecule has 4 aliphatic carbocycles. The Bertz CT molecular complexity index is 773. The number of carbonyl (C=O) groups excluding carboxylic acids is 2. The van der Waals surface area contributed by atoms with Crippen LogP contribution in [0, 0.1) is 23.2 Å². The number of carbonyl (C=O) groups is 2. The summed E-state index contributed by atoms with van der Waals surface area (Å²) in [5.74, 6) is 2.62. The van der Waals surface area contributed by atoms with E-state index in [9.17, 15) is 9.59 Å². The van der Waals surface area contributed by atoms with E-state index >= 15 is 0 Å². The first-order valence-electron chi connectivity index (χ1n) is 12.3. The lowest BCUT2D eigenvalue weighted by Gasteiger charge is -2.56. The molecule has 1 aromatic rings. The Hall–Kier alpha value is -1.88. The molecular formula is C26H37N3O2. The van der Waals surface area contributed by atoms with Gasteiger partial charge >= 0.3 is 0 Å². The number of rotatable bonds is 7. The second kappa shape index (κ2) is 8.57. The third-order valence-corrected chi connectivity index (χ3v) is 8.40. The smallest absolute Gasteiger partial charge is 0.242 e. The maximum atomic E-state index is 13.7. The largest absolute Gasteiger partial charge is 0.353 e. The molecule has 1 aromatic carbocycles. The molecule has 1 heterocycles. The highest BCUT2D eigenvalue weighted by atomic mass is 16.2. The van der Waals surface area contributed by atoms with Crippen LogP contribution < -0.4 is 5.32 Å². The highest BCUT2D eigenvalue weighted by Crippen LogP contribution is 2.60. The molecule has 31 heavy (non-hydrogen) atoms. The summed E-state index contributed by atoms with van der Waals surface area (Å²) in [7, 11) is 2.08. The molecule has 1 N–H and O–H groups in total. The number of benzene rings is 1. The lowest BCUT2D eigenvalue weighted by atomic mass is 9.49. The van der Waals surface area contributed by atoms with Crippen molar-refractivity contribution in [2.45, 2.75) is 64.0 Å². The van der Waals surface area contributed by atoms with Crippen LogP contribution in [-0.4, -0.2) is 54.3 Å². The highest BCUT2D eigenvalue weighted by Gasteiger charge is 2.56. The van der Waals surface area contributed by atoms with E-state index < -0.39 is 0 Å². The van der Waals surface area contributed by atoms with Gasteiger partial charge in [0.15, 0.2) is 0 Å². The predicted molar refractivity (Wildman–Crippen MR) is 121 cm³/mol. The topological polar surface area (TPSA) is 52.7 Å². The summed E-state index contributed by atoms with van der Waals surface area (Å²) in [5.41, 5.74) is 1.13. The molecule has 0 aromatic heterocycles. The molecule has 5 fully saturated rings. The zero-order valence-corrected chi connectivity index (χ0v) is 18.9. The Morgan fingerprint density at radius 2 is 1.71 bits per heavy atom. The fourth-order valence-electron chi connectivity index (χ4n) is 7.42. The van der Waals surface area contributed by atoms with Crippen LogP contribution in [0.5, 0.6) is 0 Å². The molecule has 0 radical (unpaired) electrons. The molecule has 5 aliphatic rings. The molecule has 4 saturated carbocycles. The van der Waals surface area contributed by atoms with Crippen LogP contribution in [-0.2, 0) is 16.1 Å². The number of likely N-dealkylation sites (tertiary alicyclic amines) is 1. The zero-order chi connectivity index (χ0) is 21.4. The van der Waals surface area contributed by atoms with Crippen LogP contribution in [0.1, 0.15) is 56.9 Å². The van der Waals surface area contributed by atoms with Gasteiger partial charge in [0.1, 0.15) is 6.04 Å². The lowest BCUT2D eigenvalue weighted by molar-refractivity contribution is -0.160. The highest BCUT2D eigenvalue weighted by molar-refractivity contribution is 5.91. The van der Waals surface area contributed by atoms with E-state index in [0.717, 1.165) is 69.5 Å². The van der Waals surface area contributed by atoms with Crippen molar-refractivity contribution in [3.8, 4) is 0 Å². The molecule has 1 saturated heterocycles. The predicted octanol–water partition coefficient (Wildman–Crippen LogP) is 3.44. The van der Waals surface area contributed by atoms with E-state index in [1.54, 1.807) is 0 Å². The Labute approximate surface area is 186 Å². The van der Waals surface area contributed by atoms with Crippen molar-refractivity contribution in [2.75, 3.05) is 26.7 Å². The van der Waals surface area contributed by atoms with E-state index in [4.69, 9.17) is 0 Å². The third kappa shape index (κ3) is 4.26. The Kier molecular flexibility index (Phi) is 5.80. The van der Waals surface area contributed by atoms with E-state index in [-0.39, 0.29) is 17.4 Å². The maximum Gasteiger partial charge on any atom is 0.242 e. The molecule has 0 spiro atoms. The minimum Gasteiger partial charge on any atom is -0.353 e. The summed E-state index contributed by atoms with van der Waals surface area (Å²) >= 11 is 0. The number of hydrogen-bond acceptors (Lipinski definition) is 3. The second-order valence-corrected chi connectivity index (χ2v) is 10.9. The van der Waals surface area contributed by atoms with Crippen molar-refractivity contribution >= 4 is 11.8 Å². The molecule has 1 aliphatic heterocycles. The summed E-state index contributed by atoms with van der Waals surface area (Å²) in [6.07, 6.45) is 9.01. The number of hydrogen-bond donors (Lipinski definition) is 1. The summed E-state index contributed by atoms with van der Waals surface area (Å²) in [5, 5.41) is 3.13. The van der Waals surface area contributed by atoms with Crippen LogP contribution in [0.15, 0.2) is 30.3 Å². The normalized spacial score (nSPS) is 33.8. The molecule has 1 unspecified atom stereocenters. The molecule has 5 heteroatoms. The third-order valence-electron chi connectivity index (χ3n) is 8.40. The minimum atomic E-state index is -0.264. The molecule has 2 amide bonds. The van der Waals surface area contributed by atoms with Gasteiger partial charge in [-0.2, -0.15) is 0 Å². The Morgan fingerprint density at radius 1 is 1.06 bits per heavy atom. The van der Waals surface area contributed by atoms with Gasteiger partial charge in [0, 0.05) is 26.2 Å². The van der Waals surface area contributed by atoms with Gasteiger partial charge in [-0.1, -0.05) is 30.3 Å². The first-order valence-corrected chi connectivity index (χ1v) is 12.3. The van der Waals surface area contributed by atoms with Gasteiger partial charge in [0.25, 0.3) is 0 Å². The van der Waals surface area contributed by atoms with E-state index in [0.29, 0.717) is 12.5 Å². The van der Waals surface area contributed by atoms with Crippen molar-refractivity contribution in [1.82, 2.24) is 15.1 Å². The molecule has 1 atom stereocenters. The molecule has 6 rings (SSSR count). The fraction of sp³-hybridized carbons (Fsp3) is 0.692. The van der Waals surface area contributed by atoms with Gasteiger partial charge in [-0.25, -0.2) is 0 Å². The average Bonchev–Trinajstić information content (AvgIpc) is 3.23. The Morgan fingerprint density at radius 3 is 2.35 bits per heavy atom. The van der Waals surface area contributed by atoms with Crippen molar-refractivity contribution in [3.05, 3.63) is 35.9 Å². The second-order valence-electron chi connectivity index (χ2n) is 10.9. The van der Waals surface area contributed by atoms with Gasteiger partial charge in [-0.05, 0) is 81.7 Å². The average molecular weight is 424 g/mol. The number of likely N-dealkylation sites (N-methyl/N-ethyl adjacent to an activating group) is 1. The SMILES string of the molecule is CN(CCNC(=O)C1CCCN1C(=O)C12CC3CC(CC(C3)C1)C2)Cc1ccccc1. The molecule has 4 bridgehead atoms. The maximum absolute atomic E-state index is 13.7. The number of nitrogens with one attached hydrogen (secondary N) is 1. The van der Waals surface area contributed by atoms with Gasteiger partial charge in [0.2, 0.25) is 11.8 Å². The van der Waals surface area contributed by atoms with Crippen LogP contribution >= 0.6 is 0 Å². The monoisotopic (exact) mass is 423 g/mol. The van der Waals surface area contributed by atoms with Gasteiger partial charge in [0.05, 0.1) is 5.41 Å². The van der Waals surface area contributed by atoms with Crippen molar-refractivity contribution < 1.29 is 9.59 Å². The van der Waals surface area contributed by atoms with Crippen LogP contribution in [0.2, 0.25) is 0 Å². The standard InChI is InChI=1S/C26H37N3O2/c1-28(18-19-6-3-2-4-7-19)11-9-27-24(30)23-8-5-10-29(23)25(31)26-15-20-12-21(16-26)14-22(13-20)17-26/h2-4,6-7,20-23H,5,8-18H2,1H3,(H,27,30). The quantitative estimate of drug-likeness (QED) is 0.731. The van der Waals surface area contributed by atoms with Crippen LogP contribution in [0.4, 0.5) is 0 Å². The van der Waals surface area contributed by atoms with E-state index in [2.05, 4.69) is 41.5 Å². The minimum absolute atomic E-state index is 0.0451. The van der Waals surface area contributed by atoms with Crippen LogP contribution in [0.25, 0.3) is 0 Å². The summed E-state index contributed by atoms with van der Waals surface area (Å²) < 4.78 is 0. The van der Waals surface area contributed by atoms with Crippen molar-refractivity contribution in [3.63, 3.8) is 0 Å². The van der Waals surface area contributed by atoms with Gasteiger partial charge in [-0.3, -0.25) is 9.59 Å². The van der Waals surface area contributed by atoms with Gasteiger partial charge in [-0.15, -0.1) is 0 Å². The number of amides is 2.